The van der Waals surface area contributed by atoms with Gasteiger partial charge in [0.15, 0.2) is 5.72 Å². The van der Waals surface area contributed by atoms with Crippen molar-refractivity contribution in [3.63, 3.8) is 0 Å². The summed E-state index contributed by atoms with van der Waals surface area (Å²) in [6, 6.07) is 20.0. The van der Waals surface area contributed by atoms with E-state index in [2.05, 4.69) is 5.32 Å². The molecule has 0 saturated heterocycles. The van der Waals surface area contributed by atoms with Gasteiger partial charge in [-0.05, 0) is 72.0 Å². The summed E-state index contributed by atoms with van der Waals surface area (Å²) in [5, 5.41) is 3.45. The maximum Gasteiger partial charge on any atom is 0.295 e. The van der Waals surface area contributed by atoms with Gasteiger partial charge in [0, 0.05) is 34.7 Å². The molecular formula is C27H23ClN2O4. The number of ether oxygens (including phenoxy) is 1. The topological polar surface area (TPSA) is 75.7 Å². The normalized spacial score (nSPS) is 16.3. The highest BCUT2D eigenvalue weighted by Crippen LogP contribution is 2.41. The second-order valence-electron chi connectivity index (χ2n) is 8.67. The lowest BCUT2D eigenvalue weighted by molar-refractivity contribution is -0.162. The molecule has 1 N–H and O–H groups in total. The van der Waals surface area contributed by atoms with E-state index in [1.807, 2.05) is 42.5 Å². The minimum atomic E-state index is -0.831. The third-order valence-electron chi connectivity index (χ3n) is 6.64. The van der Waals surface area contributed by atoms with Gasteiger partial charge in [-0.1, -0.05) is 35.9 Å². The number of nitrogens with one attached hydrogen (secondary N) is 1. The first kappa shape index (κ1) is 22.2. The van der Waals surface area contributed by atoms with Crippen LogP contribution in [0.1, 0.15) is 52.0 Å². The zero-order chi connectivity index (χ0) is 23.7. The molecule has 0 spiro atoms. The van der Waals surface area contributed by atoms with Gasteiger partial charge >= 0.3 is 0 Å². The van der Waals surface area contributed by atoms with Crippen LogP contribution in [0.3, 0.4) is 0 Å². The van der Waals surface area contributed by atoms with Crippen LogP contribution in [0.5, 0.6) is 0 Å². The van der Waals surface area contributed by atoms with E-state index in [0.29, 0.717) is 47.7 Å². The first-order chi connectivity index (χ1) is 16.5. The van der Waals surface area contributed by atoms with Crippen molar-refractivity contribution in [3.8, 4) is 11.1 Å². The van der Waals surface area contributed by atoms with Crippen molar-refractivity contribution in [1.82, 2.24) is 4.90 Å². The summed E-state index contributed by atoms with van der Waals surface area (Å²) in [6.07, 6.45) is 3.20. The highest BCUT2D eigenvalue weighted by Gasteiger charge is 2.47. The van der Waals surface area contributed by atoms with Crippen molar-refractivity contribution in [1.29, 1.82) is 0 Å². The lowest BCUT2D eigenvalue weighted by atomic mass is 10.00. The Morgan fingerprint density at radius 1 is 0.971 bits per heavy atom. The molecule has 1 fully saturated rings. The van der Waals surface area contributed by atoms with Crippen LogP contribution in [0.25, 0.3) is 11.1 Å². The number of carbonyl (C=O) groups is 3. The summed E-state index contributed by atoms with van der Waals surface area (Å²) in [5.74, 6) is -0.321. The molecular weight excluding hydrogens is 452 g/mol. The van der Waals surface area contributed by atoms with E-state index in [1.165, 1.54) is 0 Å². The molecule has 1 aliphatic heterocycles. The van der Waals surface area contributed by atoms with Crippen LogP contribution in [-0.4, -0.2) is 28.9 Å². The molecule has 2 amide bonds. The number of hydrogen-bond acceptors (Lipinski definition) is 4. The highest BCUT2D eigenvalue weighted by molar-refractivity contribution is 6.30. The summed E-state index contributed by atoms with van der Waals surface area (Å²) in [5.41, 5.74) is 3.76. The fraction of sp³-hybridized carbons (Fsp3) is 0.222. The first-order valence-electron chi connectivity index (χ1n) is 11.2. The van der Waals surface area contributed by atoms with Gasteiger partial charge in [-0.15, -0.1) is 0 Å². The van der Waals surface area contributed by atoms with Crippen molar-refractivity contribution in [2.24, 2.45) is 0 Å². The average molecular weight is 475 g/mol. The van der Waals surface area contributed by atoms with Crippen LogP contribution in [0.15, 0.2) is 66.7 Å². The molecule has 1 saturated carbocycles. The standard InChI is InChI=1S/C27H23ClN2O4/c28-22-9-5-19(6-10-22)25(32)29-23-11-7-18(8-12-23)20-3-4-21-16-30(26(33)24(21)15-20)27(34-17-31)13-1-2-14-27/h3-12,15,17H,1-2,13-14,16H2,(H,29,32). The average Bonchev–Trinajstić information content (AvgIpc) is 3.45. The Balaban J connectivity index is 1.33. The van der Waals surface area contributed by atoms with Gasteiger partial charge in [-0.3, -0.25) is 19.3 Å². The Labute approximate surface area is 202 Å². The van der Waals surface area contributed by atoms with E-state index in [-0.39, 0.29) is 11.8 Å². The predicted molar refractivity (Wildman–Crippen MR) is 130 cm³/mol. The quantitative estimate of drug-likeness (QED) is 0.468. The fourth-order valence-electron chi connectivity index (χ4n) is 4.83. The highest BCUT2D eigenvalue weighted by atomic mass is 35.5. The van der Waals surface area contributed by atoms with Crippen LogP contribution in [0.4, 0.5) is 5.69 Å². The summed E-state index contributed by atoms with van der Waals surface area (Å²) >= 11 is 5.88. The molecule has 6 nitrogen and oxygen atoms in total. The maximum absolute atomic E-state index is 13.3. The van der Waals surface area contributed by atoms with Crippen LogP contribution in [-0.2, 0) is 16.1 Å². The van der Waals surface area contributed by atoms with Gasteiger partial charge in [0.05, 0.1) is 6.54 Å². The van der Waals surface area contributed by atoms with Crippen molar-refractivity contribution in [2.75, 3.05) is 5.32 Å². The summed E-state index contributed by atoms with van der Waals surface area (Å²) < 4.78 is 5.46. The number of rotatable bonds is 6. The van der Waals surface area contributed by atoms with E-state index < -0.39 is 5.72 Å². The second kappa shape index (κ2) is 8.95. The van der Waals surface area contributed by atoms with Crippen molar-refractivity contribution in [2.45, 2.75) is 38.0 Å². The Hall–Kier alpha value is -3.64. The van der Waals surface area contributed by atoms with Crippen LogP contribution in [0.2, 0.25) is 5.02 Å². The second-order valence-corrected chi connectivity index (χ2v) is 9.11. The van der Waals surface area contributed by atoms with Crippen LogP contribution >= 0.6 is 11.6 Å². The lowest BCUT2D eigenvalue weighted by Gasteiger charge is -2.36. The summed E-state index contributed by atoms with van der Waals surface area (Å²) in [4.78, 5) is 38.5. The largest absolute Gasteiger partial charge is 0.441 e. The molecule has 3 aromatic rings. The molecule has 0 unspecified atom stereocenters. The smallest absolute Gasteiger partial charge is 0.295 e. The number of carbonyl (C=O) groups excluding carboxylic acids is 3. The number of fused-ring (bicyclic) bond motifs is 1. The Kier molecular flexibility index (Phi) is 5.84. The molecule has 5 rings (SSSR count). The third-order valence-corrected chi connectivity index (χ3v) is 6.89. The SMILES string of the molecule is O=COC1(N2Cc3ccc(-c4ccc(NC(=O)c5ccc(Cl)cc5)cc4)cc3C2=O)CCCC1. The molecule has 7 heteroatoms. The van der Waals surface area contributed by atoms with Crippen LogP contribution < -0.4 is 5.32 Å². The minimum Gasteiger partial charge on any atom is -0.441 e. The number of anilines is 1. The minimum absolute atomic E-state index is 0.104. The number of amides is 2. The zero-order valence-corrected chi connectivity index (χ0v) is 19.2. The molecule has 0 aromatic heterocycles. The van der Waals surface area contributed by atoms with Crippen LogP contribution in [0, 0.1) is 0 Å². The van der Waals surface area contributed by atoms with E-state index in [0.717, 1.165) is 29.5 Å². The van der Waals surface area contributed by atoms with Gasteiger partial charge in [-0.2, -0.15) is 0 Å². The summed E-state index contributed by atoms with van der Waals surface area (Å²) in [6.45, 7) is 0.901. The van der Waals surface area contributed by atoms with Gasteiger partial charge in [0.1, 0.15) is 0 Å². The van der Waals surface area contributed by atoms with Crippen molar-refractivity contribution < 1.29 is 19.1 Å². The number of halogens is 1. The maximum atomic E-state index is 13.3. The van der Waals surface area contributed by atoms with Gasteiger partial charge in [0.2, 0.25) is 0 Å². The first-order valence-corrected chi connectivity index (χ1v) is 11.6. The monoisotopic (exact) mass is 474 g/mol. The number of benzene rings is 3. The lowest BCUT2D eigenvalue weighted by Crippen LogP contribution is -2.48. The third kappa shape index (κ3) is 4.05. The van der Waals surface area contributed by atoms with Crippen molar-refractivity contribution in [3.05, 3.63) is 88.4 Å². The Bertz CT molecular complexity index is 1250. The van der Waals surface area contributed by atoms with Crippen molar-refractivity contribution >= 4 is 35.6 Å². The molecule has 0 radical (unpaired) electrons. The zero-order valence-electron chi connectivity index (χ0n) is 18.4. The number of nitrogens with zero attached hydrogens (tertiary/aromatic N) is 1. The van der Waals surface area contributed by atoms with E-state index in [9.17, 15) is 14.4 Å². The molecule has 0 atom stereocenters. The Morgan fingerprint density at radius 3 is 2.32 bits per heavy atom. The molecule has 2 aliphatic rings. The molecule has 3 aromatic carbocycles. The summed E-state index contributed by atoms with van der Waals surface area (Å²) in [7, 11) is 0. The van der Waals surface area contributed by atoms with Gasteiger partial charge in [0.25, 0.3) is 18.3 Å². The van der Waals surface area contributed by atoms with Gasteiger partial charge < -0.3 is 10.1 Å². The molecule has 0 bridgehead atoms. The molecule has 1 aliphatic carbocycles. The molecule has 1 heterocycles. The van der Waals surface area contributed by atoms with E-state index >= 15 is 0 Å². The van der Waals surface area contributed by atoms with E-state index in [1.54, 1.807) is 29.2 Å². The number of hydrogen-bond donors (Lipinski definition) is 1. The Morgan fingerprint density at radius 2 is 1.65 bits per heavy atom. The fourth-order valence-corrected chi connectivity index (χ4v) is 4.95. The predicted octanol–water partition coefficient (Wildman–Crippen LogP) is 5.66. The molecule has 34 heavy (non-hydrogen) atoms. The van der Waals surface area contributed by atoms with E-state index in [4.69, 9.17) is 16.3 Å². The van der Waals surface area contributed by atoms with Gasteiger partial charge in [-0.25, -0.2) is 0 Å². The molecule has 172 valence electrons.